The summed E-state index contributed by atoms with van der Waals surface area (Å²) in [5.74, 6) is -0.443. The molecule has 6 nitrogen and oxygen atoms in total. The van der Waals surface area contributed by atoms with Crippen LogP contribution in [0.25, 0.3) is 6.08 Å². The summed E-state index contributed by atoms with van der Waals surface area (Å²) in [6.07, 6.45) is 3.89. The molecule has 0 aromatic heterocycles. The van der Waals surface area contributed by atoms with Crippen molar-refractivity contribution in [3.63, 3.8) is 0 Å². The molecule has 1 fully saturated rings. The van der Waals surface area contributed by atoms with Crippen LogP contribution in [-0.4, -0.2) is 40.6 Å². The molecule has 35 heavy (non-hydrogen) atoms. The van der Waals surface area contributed by atoms with E-state index in [1.165, 1.54) is 11.3 Å². The smallest absolute Gasteiger partial charge is 0.294 e. The number of nitrogens with zero attached hydrogens (tertiary/aromatic N) is 2. The summed E-state index contributed by atoms with van der Waals surface area (Å²) in [4.78, 5) is 41.8. The topological polar surface area (TPSA) is 69.7 Å². The lowest BCUT2D eigenvalue weighted by Crippen LogP contribution is -2.48. The number of amides is 3. The Bertz CT molecular complexity index is 1200. The third kappa shape index (κ3) is 5.30. The molecule has 2 aliphatic rings. The van der Waals surface area contributed by atoms with Crippen molar-refractivity contribution in [1.82, 2.24) is 4.90 Å². The maximum Gasteiger partial charge on any atom is 0.294 e. The number of hydrogen-bond donors (Lipinski definition) is 1. The van der Waals surface area contributed by atoms with Crippen LogP contribution in [0.15, 0.2) is 47.4 Å². The highest BCUT2D eigenvalue weighted by Gasteiger charge is 2.37. The van der Waals surface area contributed by atoms with Crippen LogP contribution in [-0.2, 0) is 9.59 Å². The average molecular weight is 492 g/mol. The first-order valence-corrected chi connectivity index (χ1v) is 12.9. The molecule has 2 aromatic rings. The third-order valence-corrected chi connectivity index (χ3v) is 7.54. The maximum atomic E-state index is 13.0. The van der Waals surface area contributed by atoms with Gasteiger partial charge in [0, 0.05) is 23.5 Å². The molecule has 1 N–H and O–H groups in total. The quantitative estimate of drug-likeness (QED) is 0.489. The van der Waals surface area contributed by atoms with Crippen molar-refractivity contribution in [2.75, 3.05) is 23.3 Å². The monoisotopic (exact) mass is 491 g/mol. The summed E-state index contributed by atoms with van der Waals surface area (Å²) < 4.78 is 0. The zero-order valence-electron chi connectivity index (χ0n) is 21.1. The Balaban J connectivity index is 1.51. The van der Waals surface area contributed by atoms with Crippen LogP contribution in [0.1, 0.15) is 63.1 Å². The minimum absolute atomic E-state index is 0.0889. The first kappa shape index (κ1) is 25.0. The van der Waals surface area contributed by atoms with Crippen molar-refractivity contribution in [3.05, 3.63) is 64.1 Å². The Hall–Kier alpha value is -3.06. The second-order valence-corrected chi connectivity index (χ2v) is 11.1. The molecular formula is C28H33N3O3S. The fourth-order valence-electron chi connectivity index (χ4n) is 5.10. The first-order valence-electron chi connectivity index (χ1n) is 12.1. The molecule has 3 amide bonds. The Kier molecular flexibility index (Phi) is 7.08. The lowest BCUT2D eigenvalue weighted by Gasteiger charge is -2.47. The van der Waals surface area contributed by atoms with Gasteiger partial charge >= 0.3 is 0 Å². The van der Waals surface area contributed by atoms with Crippen LogP contribution in [0.4, 0.5) is 16.2 Å². The molecule has 7 heteroatoms. The molecule has 0 spiro atoms. The molecule has 2 aliphatic heterocycles. The van der Waals surface area contributed by atoms with E-state index >= 15 is 0 Å². The van der Waals surface area contributed by atoms with E-state index in [9.17, 15) is 14.4 Å². The van der Waals surface area contributed by atoms with Crippen molar-refractivity contribution in [3.8, 4) is 0 Å². The molecule has 1 saturated heterocycles. The molecule has 4 rings (SSSR count). The summed E-state index contributed by atoms with van der Waals surface area (Å²) in [5.41, 5.74) is 5.14. The zero-order valence-corrected chi connectivity index (χ0v) is 21.9. The summed E-state index contributed by atoms with van der Waals surface area (Å²) >= 11 is 0.882. The number of fused-ring (bicyclic) bond motifs is 1. The molecule has 2 aromatic carbocycles. The number of aryl methyl sites for hydroxylation is 1. The largest absolute Gasteiger partial charge is 0.366 e. The molecule has 2 heterocycles. The van der Waals surface area contributed by atoms with Crippen LogP contribution in [0.3, 0.4) is 0 Å². The van der Waals surface area contributed by atoms with E-state index in [1.54, 1.807) is 12.1 Å². The molecule has 0 aliphatic carbocycles. The van der Waals surface area contributed by atoms with Gasteiger partial charge in [-0.3, -0.25) is 19.3 Å². The summed E-state index contributed by atoms with van der Waals surface area (Å²) in [7, 11) is 0. The van der Waals surface area contributed by atoms with E-state index in [0.29, 0.717) is 16.5 Å². The summed E-state index contributed by atoms with van der Waals surface area (Å²) in [6.45, 7) is 11.6. The number of benzene rings is 2. The maximum absolute atomic E-state index is 13.0. The second-order valence-electron chi connectivity index (χ2n) is 10.1. The lowest BCUT2D eigenvalue weighted by molar-refractivity contribution is -0.127. The number of anilines is 2. The van der Waals surface area contributed by atoms with Gasteiger partial charge in [-0.2, -0.15) is 0 Å². The fraction of sp³-hybridized carbons (Fsp3) is 0.393. The van der Waals surface area contributed by atoms with Crippen molar-refractivity contribution >= 4 is 46.3 Å². The van der Waals surface area contributed by atoms with E-state index in [2.05, 4.69) is 50.0 Å². The van der Waals surface area contributed by atoms with Crippen LogP contribution in [0, 0.1) is 6.92 Å². The van der Waals surface area contributed by atoms with E-state index < -0.39 is 17.1 Å². The Morgan fingerprint density at radius 2 is 1.97 bits per heavy atom. The second kappa shape index (κ2) is 9.90. The van der Waals surface area contributed by atoms with Gasteiger partial charge in [0.25, 0.3) is 11.1 Å². The number of carbonyl (C=O) groups is 3. The lowest BCUT2D eigenvalue weighted by atomic mass is 9.79. The highest BCUT2D eigenvalue weighted by molar-refractivity contribution is 8.18. The molecule has 0 bridgehead atoms. The van der Waals surface area contributed by atoms with Gasteiger partial charge in [0.1, 0.15) is 6.54 Å². The normalized spacial score (nSPS) is 20.4. The van der Waals surface area contributed by atoms with E-state index in [4.69, 9.17) is 0 Å². The van der Waals surface area contributed by atoms with Gasteiger partial charge in [0.2, 0.25) is 5.91 Å². The van der Waals surface area contributed by atoms with Gasteiger partial charge in [-0.15, -0.1) is 0 Å². The standard InChI is InChI=1S/C28H33N3O3S/c1-6-12-31-23-11-10-20(14-22(23)19(3)16-28(31,4)5)15-24-26(33)30(27(34)35-24)17-25(32)29-21-9-7-8-18(2)13-21/h7-11,13-15,19H,6,12,16-17H2,1-5H3,(H,29,32)/b24-15+. The number of thioether (sulfide) groups is 1. The van der Waals surface area contributed by atoms with Crippen molar-refractivity contribution in [2.24, 2.45) is 0 Å². The molecular weight excluding hydrogens is 458 g/mol. The molecule has 0 saturated carbocycles. The van der Waals surface area contributed by atoms with E-state index in [0.717, 1.165) is 47.2 Å². The minimum atomic E-state index is -0.432. The number of rotatable bonds is 6. The van der Waals surface area contributed by atoms with Gasteiger partial charge in [0.15, 0.2) is 0 Å². The summed E-state index contributed by atoms with van der Waals surface area (Å²) in [6, 6.07) is 13.7. The van der Waals surface area contributed by atoms with Crippen molar-refractivity contribution < 1.29 is 14.4 Å². The highest BCUT2D eigenvalue weighted by Crippen LogP contribution is 2.44. The van der Waals surface area contributed by atoms with Gasteiger partial charge in [-0.05, 0) is 98.3 Å². The Labute approximate surface area is 211 Å². The first-order chi connectivity index (χ1) is 16.6. The van der Waals surface area contributed by atoms with Crippen molar-refractivity contribution in [1.29, 1.82) is 0 Å². The zero-order chi connectivity index (χ0) is 25.3. The van der Waals surface area contributed by atoms with Gasteiger partial charge in [-0.1, -0.05) is 32.0 Å². The molecule has 1 unspecified atom stereocenters. The van der Waals surface area contributed by atoms with Crippen LogP contribution in [0.5, 0.6) is 0 Å². The Morgan fingerprint density at radius 3 is 2.69 bits per heavy atom. The van der Waals surface area contributed by atoms with Crippen molar-refractivity contribution in [2.45, 2.75) is 58.9 Å². The molecule has 184 valence electrons. The predicted molar refractivity (Wildman–Crippen MR) is 144 cm³/mol. The predicted octanol–water partition coefficient (Wildman–Crippen LogP) is 6.17. The number of imide groups is 1. The van der Waals surface area contributed by atoms with Crippen LogP contribution < -0.4 is 10.2 Å². The highest BCUT2D eigenvalue weighted by atomic mass is 32.2. The Morgan fingerprint density at radius 1 is 1.20 bits per heavy atom. The van der Waals surface area contributed by atoms with Gasteiger partial charge in [-0.25, -0.2) is 0 Å². The SMILES string of the molecule is CCCN1c2ccc(/C=C3/SC(=O)N(CC(=O)Nc4cccc(C)c4)C3=O)cc2C(C)CC1(C)C. The van der Waals surface area contributed by atoms with Crippen LogP contribution >= 0.6 is 11.8 Å². The number of nitrogens with one attached hydrogen (secondary N) is 1. The number of carbonyl (C=O) groups excluding carboxylic acids is 3. The third-order valence-electron chi connectivity index (χ3n) is 6.63. The van der Waals surface area contributed by atoms with Crippen LogP contribution in [0.2, 0.25) is 0 Å². The van der Waals surface area contributed by atoms with E-state index in [1.807, 2.05) is 31.2 Å². The molecule has 1 atom stereocenters. The summed E-state index contributed by atoms with van der Waals surface area (Å²) in [5, 5.41) is 2.33. The average Bonchev–Trinajstić information content (AvgIpc) is 3.03. The number of hydrogen-bond acceptors (Lipinski definition) is 5. The minimum Gasteiger partial charge on any atom is -0.366 e. The van der Waals surface area contributed by atoms with Gasteiger partial charge < -0.3 is 10.2 Å². The van der Waals surface area contributed by atoms with E-state index in [-0.39, 0.29) is 12.1 Å². The fourth-order valence-corrected chi connectivity index (χ4v) is 5.94. The van der Waals surface area contributed by atoms with Gasteiger partial charge in [0.05, 0.1) is 4.91 Å². The molecule has 0 radical (unpaired) electrons.